The Morgan fingerprint density at radius 1 is 1.24 bits per heavy atom. The summed E-state index contributed by atoms with van der Waals surface area (Å²) in [4.78, 5) is 36.6. The molecule has 3 amide bonds. The van der Waals surface area contributed by atoms with Crippen molar-refractivity contribution in [3.63, 3.8) is 0 Å². The van der Waals surface area contributed by atoms with Gasteiger partial charge in [0.25, 0.3) is 17.7 Å². The van der Waals surface area contributed by atoms with E-state index < -0.39 is 17.7 Å². The average molecular weight is 286 g/mol. The van der Waals surface area contributed by atoms with E-state index in [0.717, 1.165) is 4.90 Å². The van der Waals surface area contributed by atoms with Crippen molar-refractivity contribution in [2.45, 2.75) is 6.54 Å². The number of nitrogen functional groups attached to an aromatic ring is 1. The number of benzene rings is 1. The minimum atomic E-state index is -0.618. The molecule has 0 fully saturated rings. The lowest BCUT2D eigenvalue weighted by atomic mass is 10.1. The largest absolute Gasteiger partial charge is 0.359 e. The van der Waals surface area contributed by atoms with Gasteiger partial charge in [-0.1, -0.05) is 17.3 Å². The molecule has 2 heterocycles. The van der Waals surface area contributed by atoms with E-state index in [1.54, 1.807) is 24.3 Å². The topological polar surface area (TPSA) is 119 Å². The minimum Gasteiger partial charge on any atom is -0.359 e. The Bertz CT molecular complexity index is 717. The van der Waals surface area contributed by atoms with Crippen molar-refractivity contribution in [3.8, 4) is 0 Å². The van der Waals surface area contributed by atoms with E-state index >= 15 is 0 Å². The number of hydrazine groups is 1. The number of carbonyl (C=O) groups excluding carboxylic acids is 3. The van der Waals surface area contributed by atoms with Crippen molar-refractivity contribution in [3.05, 3.63) is 52.9 Å². The Balaban J connectivity index is 1.84. The molecule has 0 unspecified atom stereocenters. The third-order valence-electron chi connectivity index (χ3n) is 3.11. The average Bonchev–Trinajstić information content (AvgIpc) is 3.07. The molecule has 0 atom stereocenters. The molecule has 21 heavy (non-hydrogen) atoms. The molecule has 0 aliphatic carbocycles. The molecule has 1 aromatic heterocycles. The van der Waals surface area contributed by atoms with E-state index in [9.17, 15) is 14.4 Å². The lowest BCUT2D eigenvalue weighted by molar-refractivity contribution is 0.0627. The molecule has 1 aliphatic heterocycles. The normalized spacial score (nSPS) is 13.5. The van der Waals surface area contributed by atoms with Crippen molar-refractivity contribution in [1.29, 1.82) is 0 Å². The summed E-state index contributed by atoms with van der Waals surface area (Å²) in [6, 6.07) is 7.87. The van der Waals surface area contributed by atoms with Crippen molar-refractivity contribution in [2.24, 2.45) is 5.84 Å². The first-order chi connectivity index (χ1) is 10.1. The zero-order valence-corrected chi connectivity index (χ0v) is 10.7. The summed E-state index contributed by atoms with van der Waals surface area (Å²) < 4.78 is 4.93. The van der Waals surface area contributed by atoms with E-state index in [0.29, 0.717) is 11.1 Å². The lowest BCUT2D eigenvalue weighted by Gasteiger charge is -2.10. The Hall–Kier alpha value is -3.00. The Kier molecular flexibility index (Phi) is 2.99. The molecule has 0 radical (unpaired) electrons. The Morgan fingerprint density at radius 3 is 2.43 bits per heavy atom. The summed E-state index contributed by atoms with van der Waals surface area (Å²) in [6.45, 7) is -0.100. The first kappa shape index (κ1) is 13.0. The van der Waals surface area contributed by atoms with Crippen LogP contribution < -0.4 is 11.3 Å². The SMILES string of the molecule is NNC(=O)c1cc(CN2C(=O)c3ccccc3C2=O)on1. The fourth-order valence-corrected chi connectivity index (χ4v) is 2.11. The molecule has 0 saturated carbocycles. The smallest absolute Gasteiger partial charge is 0.287 e. The van der Waals surface area contributed by atoms with Crippen LogP contribution in [0.3, 0.4) is 0 Å². The lowest BCUT2D eigenvalue weighted by Crippen LogP contribution is -2.30. The third-order valence-corrected chi connectivity index (χ3v) is 3.11. The number of hydrogen-bond acceptors (Lipinski definition) is 6. The summed E-state index contributed by atoms with van der Waals surface area (Å²) >= 11 is 0. The molecule has 8 heteroatoms. The van der Waals surface area contributed by atoms with Gasteiger partial charge in [-0.15, -0.1) is 0 Å². The molecule has 3 rings (SSSR count). The quantitative estimate of drug-likeness (QED) is 0.357. The number of amides is 3. The molecule has 1 aromatic carbocycles. The van der Waals surface area contributed by atoms with E-state index in [2.05, 4.69) is 5.16 Å². The second kappa shape index (κ2) is 4.84. The summed E-state index contributed by atoms with van der Waals surface area (Å²) in [5.41, 5.74) is 2.59. The number of rotatable bonds is 3. The van der Waals surface area contributed by atoms with Crippen LogP contribution >= 0.6 is 0 Å². The first-order valence-electron chi connectivity index (χ1n) is 6.03. The highest BCUT2D eigenvalue weighted by Crippen LogP contribution is 2.24. The van der Waals surface area contributed by atoms with Crippen molar-refractivity contribution < 1.29 is 18.9 Å². The van der Waals surface area contributed by atoms with Crippen molar-refractivity contribution >= 4 is 17.7 Å². The van der Waals surface area contributed by atoms with Crippen LogP contribution in [0.25, 0.3) is 0 Å². The molecule has 3 N–H and O–H groups in total. The van der Waals surface area contributed by atoms with Crippen LogP contribution in [-0.2, 0) is 6.54 Å². The Morgan fingerprint density at radius 2 is 1.86 bits per heavy atom. The monoisotopic (exact) mass is 286 g/mol. The fourth-order valence-electron chi connectivity index (χ4n) is 2.11. The highest BCUT2D eigenvalue weighted by molar-refractivity contribution is 6.21. The number of fused-ring (bicyclic) bond motifs is 1. The standard InChI is InChI=1S/C13H10N4O4/c14-15-11(18)10-5-7(21-16-10)6-17-12(19)8-3-1-2-4-9(8)13(17)20/h1-5H,6,14H2,(H,15,18). The van der Waals surface area contributed by atoms with Gasteiger partial charge < -0.3 is 4.52 Å². The van der Waals surface area contributed by atoms with Gasteiger partial charge in [0.15, 0.2) is 11.5 Å². The third kappa shape index (κ3) is 2.07. The Labute approximate surface area is 118 Å². The predicted molar refractivity (Wildman–Crippen MR) is 68.8 cm³/mol. The van der Waals surface area contributed by atoms with E-state index in [1.807, 2.05) is 5.43 Å². The van der Waals surface area contributed by atoms with Gasteiger partial charge in [-0.25, -0.2) is 5.84 Å². The van der Waals surface area contributed by atoms with Gasteiger partial charge in [0.05, 0.1) is 17.7 Å². The van der Waals surface area contributed by atoms with Gasteiger partial charge in [0.1, 0.15) is 0 Å². The second-order valence-corrected chi connectivity index (χ2v) is 4.39. The maximum Gasteiger partial charge on any atom is 0.287 e. The molecule has 8 nitrogen and oxygen atoms in total. The van der Waals surface area contributed by atoms with Gasteiger partial charge in [0, 0.05) is 6.07 Å². The highest BCUT2D eigenvalue weighted by atomic mass is 16.5. The van der Waals surface area contributed by atoms with Crippen LogP contribution in [0.15, 0.2) is 34.9 Å². The molecular weight excluding hydrogens is 276 g/mol. The number of aromatic nitrogens is 1. The number of imide groups is 1. The van der Waals surface area contributed by atoms with Gasteiger partial charge in [0.2, 0.25) is 0 Å². The van der Waals surface area contributed by atoms with Crippen molar-refractivity contribution in [2.75, 3.05) is 0 Å². The minimum absolute atomic E-state index is 0.0240. The van der Waals surface area contributed by atoms with Crippen LogP contribution in [0.2, 0.25) is 0 Å². The molecule has 0 bridgehead atoms. The summed E-state index contributed by atoms with van der Waals surface area (Å²) in [5.74, 6) is 3.76. The molecule has 0 spiro atoms. The van der Waals surface area contributed by atoms with Gasteiger partial charge in [-0.3, -0.25) is 24.7 Å². The zero-order chi connectivity index (χ0) is 15.0. The second-order valence-electron chi connectivity index (χ2n) is 4.39. The predicted octanol–water partition coefficient (Wildman–Crippen LogP) is 0.0743. The summed E-state index contributed by atoms with van der Waals surface area (Å²) in [7, 11) is 0. The van der Waals surface area contributed by atoms with Crippen LogP contribution in [0.4, 0.5) is 0 Å². The zero-order valence-electron chi connectivity index (χ0n) is 10.7. The van der Waals surface area contributed by atoms with Crippen LogP contribution in [0.5, 0.6) is 0 Å². The molecule has 2 aromatic rings. The van der Waals surface area contributed by atoms with Crippen LogP contribution in [0, 0.1) is 0 Å². The summed E-state index contributed by atoms with van der Waals surface area (Å²) in [5, 5.41) is 3.51. The summed E-state index contributed by atoms with van der Waals surface area (Å²) in [6.07, 6.45) is 0. The number of carbonyl (C=O) groups is 3. The van der Waals surface area contributed by atoms with Gasteiger partial charge in [-0.2, -0.15) is 0 Å². The number of nitrogens with zero attached hydrogens (tertiary/aromatic N) is 2. The van der Waals surface area contributed by atoms with Gasteiger partial charge in [-0.05, 0) is 12.1 Å². The number of nitrogens with two attached hydrogens (primary N) is 1. The highest BCUT2D eigenvalue weighted by Gasteiger charge is 2.35. The van der Waals surface area contributed by atoms with Crippen molar-refractivity contribution in [1.82, 2.24) is 15.5 Å². The molecule has 1 aliphatic rings. The molecular formula is C13H10N4O4. The first-order valence-corrected chi connectivity index (χ1v) is 6.03. The fraction of sp³-hybridized carbons (Fsp3) is 0.0769. The van der Waals surface area contributed by atoms with E-state index in [-0.39, 0.29) is 18.0 Å². The molecule has 106 valence electrons. The maximum atomic E-state index is 12.2. The van der Waals surface area contributed by atoms with Crippen LogP contribution in [0.1, 0.15) is 37.0 Å². The van der Waals surface area contributed by atoms with E-state index in [4.69, 9.17) is 10.4 Å². The van der Waals surface area contributed by atoms with Crippen LogP contribution in [-0.4, -0.2) is 27.8 Å². The van der Waals surface area contributed by atoms with E-state index in [1.165, 1.54) is 6.07 Å². The maximum absolute atomic E-state index is 12.2. The van der Waals surface area contributed by atoms with Gasteiger partial charge >= 0.3 is 0 Å². The number of hydrogen-bond donors (Lipinski definition) is 2. The molecule has 0 saturated heterocycles. The number of nitrogens with one attached hydrogen (secondary N) is 1.